The molecule has 1 heterocycles. The number of rotatable bonds is 11. The molecule has 190 valence electrons. The zero-order valence-corrected chi connectivity index (χ0v) is 21.7. The summed E-state index contributed by atoms with van der Waals surface area (Å²) in [6, 6.07) is 18.6. The molecule has 4 aromatic rings. The maximum atomic E-state index is 12.6. The zero-order valence-electron chi connectivity index (χ0n) is 20.0. The summed E-state index contributed by atoms with van der Waals surface area (Å²) in [6.45, 7) is 2.78. The van der Waals surface area contributed by atoms with Crippen LogP contribution in [0.4, 0.5) is 11.4 Å². The second kappa shape index (κ2) is 12.4. The summed E-state index contributed by atoms with van der Waals surface area (Å²) in [7, 11) is 0. The average Bonchev–Trinajstić information content (AvgIpc) is 3.31. The molecule has 10 heteroatoms. The van der Waals surface area contributed by atoms with Crippen molar-refractivity contribution in [2.24, 2.45) is 0 Å². The van der Waals surface area contributed by atoms with Crippen LogP contribution >= 0.6 is 23.1 Å². The van der Waals surface area contributed by atoms with Gasteiger partial charge in [-0.3, -0.25) is 9.59 Å². The zero-order chi connectivity index (χ0) is 26.2. The molecule has 1 aromatic heterocycles. The predicted molar refractivity (Wildman–Crippen MR) is 147 cm³/mol. The third kappa shape index (κ3) is 7.08. The van der Waals surface area contributed by atoms with Crippen LogP contribution in [-0.2, 0) is 4.79 Å². The monoisotopic (exact) mass is 535 g/mol. The largest absolute Gasteiger partial charge is 0.494 e. The fraction of sp³-hybridized carbons (Fsp3) is 0.185. The number of amides is 2. The molecule has 0 bridgehead atoms. The molecule has 3 N–H and O–H groups in total. The van der Waals surface area contributed by atoms with Gasteiger partial charge < -0.3 is 20.5 Å². The molecule has 0 aliphatic carbocycles. The number of carboxylic acids is 1. The number of fused-ring (bicyclic) bond motifs is 1. The van der Waals surface area contributed by atoms with E-state index in [-0.39, 0.29) is 22.8 Å². The smallest absolute Gasteiger partial charge is 0.336 e. The van der Waals surface area contributed by atoms with E-state index in [1.165, 1.54) is 35.2 Å². The number of nitrogens with one attached hydrogen (secondary N) is 2. The van der Waals surface area contributed by atoms with Gasteiger partial charge in [0.05, 0.1) is 33.7 Å². The molecular formula is C27H25N3O5S2. The highest BCUT2D eigenvalue weighted by molar-refractivity contribution is 8.01. The lowest BCUT2D eigenvalue weighted by Crippen LogP contribution is -2.16. The van der Waals surface area contributed by atoms with Crippen molar-refractivity contribution in [1.29, 1.82) is 0 Å². The molecule has 4 rings (SSSR count). The molecule has 0 aliphatic rings. The Labute approximate surface area is 222 Å². The van der Waals surface area contributed by atoms with Crippen molar-refractivity contribution in [1.82, 2.24) is 4.98 Å². The van der Waals surface area contributed by atoms with Crippen molar-refractivity contribution >= 4 is 62.5 Å². The Balaban J connectivity index is 1.33. The molecule has 0 saturated heterocycles. The summed E-state index contributed by atoms with van der Waals surface area (Å²) in [4.78, 5) is 41.0. The van der Waals surface area contributed by atoms with Gasteiger partial charge >= 0.3 is 5.97 Å². The van der Waals surface area contributed by atoms with E-state index in [1.54, 1.807) is 30.3 Å². The first kappa shape index (κ1) is 26.2. The van der Waals surface area contributed by atoms with Crippen molar-refractivity contribution in [3.05, 3.63) is 77.9 Å². The molecule has 0 radical (unpaired) electrons. The molecule has 0 unspecified atom stereocenters. The first-order chi connectivity index (χ1) is 17.9. The lowest BCUT2D eigenvalue weighted by molar-refractivity contribution is -0.113. The Kier molecular flexibility index (Phi) is 8.76. The fourth-order valence-corrected chi connectivity index (χ4v) is 5.31. The SMILES string of the molecule is CCCCOc1ccc(NC(=O)CSc2nc3ccc(NC(=O)c4ccccc4C(=O)O)cc3s2)cc1. The van der Waals surface area contributed by atoms with Crippen LogP contribution in [0, 0.1) is 0 Å². The van der Waals surface area contributed by atoms with Crippen molar-refractivity contribution in [3.8, 4) is 5.75 Å². The van der Waals surface area contributed by atoms with Crippen molar-refractivity contribution in [2.75, 3.05) is 23.0 Å². The number of benzene rings is 3. The predicted octanol–water partition coefficient (Wildman–Crippen LogP) is 6.16. The van der Waals surface area contributed by atoms with Crippen molar-refractivity contribution in [2.45, 2.75) is 24.1 Å². The quantitative estimate of drug-likeness (QED) is 0.156. The van der Waals surface area contributed by atoms with Gasteiger partial charge in [0.25, 0.3) is 5.91 Å². The third-order valence-corrected chi connectivity index (χ3v) is 7.42. The lowest BCUT2D eigenvalue weighted by Gasteiger charge is -2.07. The summed E-state index contributed by atoms with van der Waals surface area (Å²) in [5, 5.41) is 14.9. The Bertz CT molecular complexity index is 1420. The first-order valence-corrected chi connectivity index (χ1v) is 13.4. The number of unbranched alkanes of at least 4 members (excludes halogenated alkanes) is 1. The summed E-state index contributed by atoms with van der Waals surface area (Å²) >= 11 is 2.74. The standard InChI is InChI=1S/C27H25N3O5S2/c1-2-3-14-35-19-11-8-17(9-12-19)28-24(31)16-36-27-30-22-13-10-18(15-23(22)37-27)29-25(32)20-6-4-5-7-21(20)26(33)34/h4-13,15H,2-3,14,16H2,1H3,(H,28,31)(H,29,32)(H,33,34). The van der Waals surface area contributed by atoms with Crippen molar-refractivity contribution < 1.29 is 24.2 Å². The van der Waals surface area contributed by atoms with Gasteiger partial charge in [-0.2, -0.15) is 0 Å². The van der Waals surface area contributed by atoms with E-state index in [1.807, 2.05) is 24.3 Å². The Morgan fingerprint density at radius 3 is 2.43 bits per heavy atom. The summed E-state index contributed by atoms with van der Waals surface area (Å²) in [6.07, 6.45) is 2.07. The first-order valence-electron chi connectivity index (χ1n) is 11.6. The number of nitrogens with zero attached hydrogens (tertiary/aromatic N) is 1. The van der Waals surface area contributed by atoms with Gasteiger partial charge in [-0.05, 0) is 61.0 Å². The Morgan fingerprint density at radius 1 is 0.973 bits per heavy atom. The summed E-state index contributed by atoms with van der Waals surface area (Å²) < 4.78 is 7.20. The van der Waals surface area contributed by atoms with Gasteiger partial charge in [0.2, 0.25) is 5.91 Å². The highest BCUT2D eigenvalue weighted by atomic mass is 32.2. The second-order valence-electron chi connectivity index (χ2n) is 8.03. The number of thioether (sulfide) groups is 1. The van der Waals surface area contributed by atoms with Gasteiger partial charge in [-0.25, -0.2) is 9.78 Å². The van der Waals surface area contributed by atoms with Gasteiger partial charge in [0.1, 0.15) is 5.75 Å². The number of carbonyl (C=O) groups is 3. The van der Waals surface area contributed by atoms with E-state index >= 15 is 0 Å². The lowest BCUT2D eigenvalue weighted by atomic mass is 10.1. The fourth-order valence-electron chi connectivity index (χ4n) is 3.40. The van der Waals surface area contributed by atoms with E-state index in [0.717, 1.165) is 33.1 Å². The van der Waals surface area contributed by atoms with Crippen LogP contribution in [0.3, 0.4) is 0 Å². The number of aromatic carboxylic acids is 1. The molecule has 8 nitrogen and oxygen atoms in total. The second-order valence-corrected chi connectivity index (χ2v) is 10.3. The van der Waals surface area contributed by atoms with E-state index in [0.29, 0.717) is 18.0 Å². The number of aromatic nitrogens is 1. The van der Waals surface area contributed by atoms with Crippen molar-refractivity contribution in [3.63, 3.8) is 0 Å². The third-order valence-electron chi connectivity index (χ3n) is 5.26. The number of ether oxygens (including phenoxy) is 1. The number of anilines is 2. The maximum absolute atomic E-state index is 12.6. The van der Waals surface area contributed by atoms with Gasteiger partial charge in [0, 0.05) is 11.4 Å². The number of hydrogen-bond donors (Lipinski definition) is 3. The van der Waals surface area contributed by atoms with E-state index < -0.39 is 11.9 Å². The van der Waals surface area contributed by atoms with Crippen LogP contribution < -0.4 is 15.4 Å². The minimum atomic E-state index is -1.16. The highest BCUT2D eigenvalue weighted by Gasteiger charge is 2.16. The van der Waals surface area contributed by atoms with E-state index in [2.05, 4.69) is 22.5 Å². The molecule has 0 atom stereocenters. The number of thiazole rings is 1. The van der Waals surface area contributed by atoms with Crippen LogP contribution in [0.5, 0.6) is 5.75 Å². The minimum Gasteiger partial charge on any atom is -0.494 e. The molecule has 3 aromatic carbocycles. The van der Waals surface area contributed by atoms with Gasteiger partial charge in [-0.1, -0.05) is 37.2 Å². The molecule has 0 aliphatic heterocycles. The van der Waals surface area contributed by atoms with Crippen LogP contribution in [0.15, 0.2) is 71.1 Å². The Hall–Kier alpha value is -3.89. The molecule has 37 heavy (non-hydrogen) atoms. The molecular weight excluding hydrogens is 510 g/mol. The Morgan fingerprint density at radius 2 is 1.70 bits per heavy atom. The summed E-state index contributed by atoms with van der Waals surface area (Å²) in [5.74, 6) is -0.841. The number of hydrogen-bond acceptors (Lipinski definition) is 7. The number of carbonyl (C=O) groups excluding carboxylic acids is 2. The van der Waals surface area contributed by atoms with E-state index in [9.17, 15) is 19.5 Å². The van der Waals surface area contributed by atoms with Crippen LogP contribution in [-0.4, -0.2) is 40.2 Å². The number of carboxylic acid groups (broad SMARTS) is 1. The van der Waals surface area contributed by atoms with Crippen LogP contribution in [0.1, 0.15) is 40.5 Å². The normalized spacial score (nSPS) is 10.7. The van der Waals surface area contributed by atoms with Crippen LogP contribution in [0.25, 0.3) is 10.2 Å². The van der Waals surface area contributed by atoms with Gasteiger partial charge in [-0.15, -0.1) is 11.3 Å². The minimum absolute atomic E-state index is 0.0629. The highest BCUT2D eigenvalue weighted by Crippen LogP contribution is 2.31. The molecule has 0 spiro atoms. The van der Waals surface area contributed by atoms with E-state index in [4.69, 9.17) is 4.74 Å². The molecule has 0 saturated carbocycles. The summed E-state index contributed by atoms with van der Waals surface area (Å²) in [5.41, 5.74) is 1.99. The maximum Gasteiger partial charge on any atom is 0.336 e. The van der Waals surface area contributed by atoms with Crippen LogP contribution in [0.2, 0.25) is 0 Å². The molecule has 2 amide bonds. The van der Waals surface area contributed by atoms with Gasteiger partial charge in [0.15, 0.2) is 4.34 Å². The topological polar surface area (TPSA) is 118 Å². The molecule has 0 fully saturated rings. The average molecular weight is 536 g/mol.